The van der Waals surface area contributed by atoms with Gasteiger partial charge < -0.3 is 15.4 Å². The van der Waals surface area contributed by atoms with Crippen LogP contribution in [0.25, 0.3) is 0 Å². The standard InChI is InChI=1S/C12H17N3O2S/c1-9-7-15(4-5-17-9)12(16)8-18-10-2-3-11(13)14-6-10/h2-3,6,9H,4-5,7-8H2,1H3,(H2,13,14). The molecule has 1 unspecified atom stereocenters. The van der Waals surface area contributed by atoms with E-state index >= 15 is 0 Å². The van der Waals surface area contributed by atoms with Gasteiger partial charge >= 0.3 is 0 Å². The largest absolute Gasteiger partial charge is 0.384 e. The maximum absolute atomic E-state index is 12.0. The number of morpholine rings is 1. The Morgan fingerprint density at radius 2 is 2.50 bits per heavy atom. The molecule has 0 bridgehead atoms. The highest BCUT2D eigenvalue weighted by atomic mass is 32.2. The van der Waals surface area contributed by atoms with Gasteiger partial charge in [0, 0.05) is 24.2 Å². The Bertz CT molecular complexity index is 410. The quantitative estimate of drug-likeness (QED) is 0.828. The summed E-state index contributed by atoms with van der Waals surface area (Å²) in [6.45, 7) is 3.97. The maximum Gasteiger partial charge on any atom is 0.233 e. The number of nitrogens with zero attached hydrogens (tertiary/aromatic N) is 2. The molecule has 98 valence electrons. The fourth-order valence-corrected chi connectivity index (χ4v) is 2.52. The number of nitrogens with two attached hydrogens (primary N) is 1. The molecule has 0 radical (unpaired) electrons. The van der Waals surface area contributed by atoms with Gasteiger partial charge in [0.1, 0.15) is 5.82 Å². The van der Waals surface area contributed by atoms with Crippen LogP contribution in [0.2, 0.25) is 0 Å². The number of aromatic nitrogens is 1. The predicted octanol–water partition coefficient (Wildman–Crippen LogP) is 1.00. The number of hydrogen-bond acceptors (Lipinski definition) is 5. The first-order valence-electron chi connectivity index (χ1n) is 5.89. The van der Waals surface area contributed by atoms with Crippen LogP contribution in [0.4, 0.5) is 5.82 Å². The van der Waals surface area contributed by atoms with Crippen molar-refractivity contribution in [3.63, 3.8) is 0 Å². The van der Waals surface area contributed by atoms with Gasteiger partial charge in [0.05, 0.1) is 18.5 Å². The van der Waals surface area contributed by atoms with E-state index in [0.717, 1.165) is 4.90 Å². The third-order valence-corrected chi connectivity index (χ3v) is 3.68. The summed E-state index contributed by atoms with van der Waals surface area (Å²) in [5.41, 5.74) is 5.51. The van der Waals surface area contributed by atoms with Gasteiger partial charge in [0.25, 0.3) is 0 Å². The van der Waals surface area contributed by atoms with Crippen LogP contribution in [-0.2, 0) is 9.53 Å². The fourth-order valence-electron chi connectivity index (χ4n) is 1.76. The summed E-state index contributed by atoms with van der Waals surface area (Å²) in [4.78, 5) is 18.8. The highest BCUT2D eigenvalue weighted by Crippen LogP contribution is 2.18. The van der Waals surface area contributed by atoms with Crippen LogP contribution in [0, 0.1) is 0 Å². The van der Waals surface area contributed by atoms with Gasteiger partial charge in [-0.25, -0.2) is 4.98 Å². The predicted molar refractivity (Wildman–Crippen MR) is 71.4 cm³/mol. The summed E-state index contributed by atoms with van der Waals surface area (Å²) in [6.07, 6.45) is 1.82. The minimum atomic E-state index is 0.130. The first kappa shape index (κ1) is 13.2. The summed E-state index contributed by atoms with van der Waals surface area (Å²) in [6, 6.07) is 3.62. The summed E-state index contributed by atoms with van der Waals surface area (Å²) < 4.78 is 5.41. The second-order valence-corrected chi connectivity index (χ2v) is 5.28. The number of carbonyl (C=O) groups is 1. The number of nitrogen functional groups attached to an aromatic ring is 1. The van der Waals surface area contributed by atoms with Gasteiger partial charge in [0.15, 0.2) is 0 Å². The average Bonchev–Trinajstić information content (AvgIpc) is 2.38. The van der Waals surface area contributed by atoms with Crippen LogP contribution in [0.15, 0.2) is 23.2 Å². The van der Waals surface area contributed by atoms with Gasteiger partial charge in [-0.05, 0) is 19.1 Å². The van der Waals surface area contributed by atoms with Gasteiger partial charge in [-0.15, -0.1) is 11.8 Å². The molecular formula is C12H17N3O2S. The maximum atomic E-state index is 12.0. The lowest BCUT2D eigenvalue weighted by Crippen LogP contribution is -2.45. The van der Waals surface area contributed by atoms with Crippen molar-refractivity contribution < 1.29 is 9.53 Å². The van der Waals surface area contributed by atoms with Crippen molar-refractivity contribution in [1.29, 1.82) is 0 Å². The van der Waals surface area contributed by atoms with Crippen molar-refractivity contribution >= 4 is 23.5 Å². The van der Waals surface area contributed by atoms with Gasteiger partial charge in [-0.2, -0.15) is 0 Å². The Hall–Kier alpha value is -1.27. The van der Waals surface area contributed by atoms with E-state index in [0.29, 0.717) is 31.3 Å². The number of pyridine rings is 1. The smallest absolute Gasteiger partial charge is 0.233 e. The molecule has 0 spiro atoms. The summed E-state index contributed by atoms with van der Waals surface area (Å²) in [5, 5.41) is 0. The van der Waals surface area contributed by atoms with E-state index in [1.54, 1.807) is 12.3 Å². The monoisotopic (exact) mass is 267 g/mol. The van der Waals surface area contributed by atoms with E-state index in [1.807, 2.05) is 17.9 Å². The molecular weight excluding hydrogens is 250 g/mol. The number of carbonyl (C=O) groups excluding carboxylic acids is 1. The van der Waals surface area contributed by atoms with E-state index in [2.05, 4.69) is 4.98 Å². The number of anilines is 1. The molecule has 2 rings (SSSR count). The van der Waals surface area contributed by atoms with Crippen molar-refractivity contribution in [3.05, 3.63) is 18.3 Å². The zero-order chi connectivity index (χ0) is 13.0. The molecule has 0 aromatic carbocycles. The van der Waals surface area contributed by atoms with Crippen molar-refractivity contribution in [3.8, 4) is 0 Å². The lowest BCUT2D eigenvalue weighted by Gasteiger charge is -2.31. The molecule has 1 saturated heterocycles. The highest BCUT2D eigenvalue weighted by molar-refractivity contribution is 8.00. The number of hydrogen-bond donors (Lipinski definition) is 1. The second-order valence-electron chi connectivity index (χ2n) is 4.23. The van der Waals surface area contributed by atoms with Crippen LogP contribution < -0.4 is 5.73 Å². The Morgan fingerprint density at radius 3 is 3.17 bits per heavy atom. The highest BCUT2D eigenvalue weighted by Gasteiger charge is 2.21. The summed E-state index contributed by atoms with van der Waals surface area (Å²) >= 11 is 1.48. The molecule has 2 heterocycles. The van der Waals surface area contributed by atoms with E-state index < -0.39 is 0 Å². The lowest BCUT2D eigenvalue weighted by molar-refractivity contribution is -0.135. The van der Waals surface area contributed by atoms with Crippen LogP contribution in [0.3, 0.4) is 0 Å². The Balaban J connectivity index is 1.82. The first-order chi connectivity index (χ1) is 8.65. The first-order valence-corrected chi connectivity index (χ1v) is 6.87. The van der Waals surface area contributed by atoms with Gasteiger partial charge in [-0.1, -0.05) is 0 Å². The molecule has 1 aromatic rings. The SMILES string of the molecule is CC1CN(C(=O)CSc2ccc(N)nc2)CCO1. The van der Waals surface area contributed by atoms with E-state index in [1.165, 1.54) is 11.8 Å². The van der Waals surface area contributed by atoms with Crippen molar-refractivity contribution in [2.75, 3.05) is 31.2 Å². The summed E-state index contributed by atoms with van der Waals surface area (Å²) in [7, 11) is 0. The molecule has 0 saturated carbocycles. The van der Waals surface area contributed by atoms with E-state index in [9.17, 15) is 4.79 Å². The molecule has 5 nitrogen and oxygen atoms in total. The Labute approximate surface area is 111 Å². The molecule has 18 heavy (non-hydrogen) atoms. The topological polar surface area (TPSA) is 68.5 Å². The minimum absolute atomic E-state index is 0.130. The van der Waals surface area contributed by atoms with Crippen molar-refractivity contribution in [2.45, 2.75) is 17.9 Å². The molecule has 1 aliphatic heterocycles. The zero-order valence-electron chi connectivity index (χ0n) is 10.3. The van der Waals surface area contributed by atoms with E-state index in [4.69, 9.17) is 10.5 Å². The van der Waals surface area contributed by atoms with Gasteiger partial charge in [0.2, 0.25) is 5.91 Å². The average molecular weight is 267 g/mol. The molecule has 1 fully saturated rings. The molecule has 1 amide bonds. The van der Waals surface area contributed by atoms with Crippen LogP contribution in [0.1, 0.15) is 6.92 Å². The third kappa shape index (κ3) is 3.61. The van der Waals surface area contributed by atoms with Crippen LogP contribution in [0.5, 0.6) is 0 Å². The van der Waals surface area contributed by atoms with Crippen molar-refractivity contribution in [1.82, 2.24) is 9.88 Å². The lowest BCUT2D eigenvalue weighted by atomic mass is 10.3. The molecule has 0 aliphatic carbocycles. The number of ether oxygens (including phenoxy) is 1. The van der Waals surface area contributed by atoms with E-state index in [-0.39, 0.29) is 12.0 Å². The Kier molecular flexibility index (Phi) is 4.43. The summed E-state index contributed by atoms with van der Waals surface area (Å²) in [5.74, 6) is 1.07. The van der Waals surface area contributed by atoms with Crippen LogP contribution in [-0.4, -0.2) is 47.3 Å². The zero-order valence-corrected chi connectivity index (χ0v) is 11.2. The molecule has 1 aliphatic rings. The van der Waals surface area contributed by atoms with Gasteiger partial charge in [-0.3, -0.25) is 4.79 Å². The number of thioether (sulfide) groups is 1. The number of amides is 1. The third-order valence-electron chi connectivity index (χ3n) is 2.72. The Morgan fingerprint density at radius 1 is 1.67 bits per heavy atom. The number of rotatable bonds is 3. The van der Waals surface area contributed by atoms with Crippen molar-refractivity contribution in [2.24, 2.45) is 0 Å². The minimum Gasteiger partial charge on any atom is -0.384 e. The normalized spacial score (nSPS) is 19.8. The molecule has 1 aromatic heterocycles. The fraction of sp³-hybridized carbons (Fsp3) is 0.500. The molecule has 1 atom stereocenters. The van der Waals surface area contributed by atoms with Crippen LogP contribution >= 0.6 is 11.8 Å². The molecule has 6 heteroatoms. The molecule has 2 N–H and O–H groups in total. The second kappa shape index (κ2) is 6.06.